The fraction of sp³-hybridized carbons (Fsp3) is 0.300. The summed E-state index contributed by atoms with van der Waals surface area (Å²) in [5.41, 5.74) is 2.28. The predicted octanol–water partition coefficient (Wildman–Crippen LogP) is 4.89. The van der Waals surface area contributed by atoms with Crippen molar-refractivity contribution in [1.29, 1.82) is 0 Å². The van der Waals surface area contributed by atoms with Gasteiger partial charge in [0.15, 0.2) is 4.80 Å². The number of hydrogen-bond donors (Lipinski definition) is 0. The summed E-state index contributed by atoms with van der Waals surface area (Å²) in [6.07, 6.45) is 3.56. The number of aromatic nitrogens is 1. The van der Waals surface area contributed by atoms with Crippen LogP contribution in [0.25, 0.3) is 6.08 Å². The minimum Gasteiger partial charge on any atom is -0.497 e. The number of allylic oxidation sites excluding steroid dienone is 1. The Morgan fingerprint density at radius 2 is 1.83 bits per heavy atom. The molecular formula is C30H31I2N3O5S. The van der Waals surface area contributed by atoms with Crippen LogP contribution in [0.15, 0.2) is 64.0 Å². The second kappa shape index (κ2) is 13.6. The van der Waals surface area contributed by atoms with E-state index in [9.17, 15) is 9.59 Å². The SMILES string of the molecule is C=CCOc1c(I)cc(/C=c2/sc3n(c2=O)[C@H](c2cc(OC)ccc2OC)C(C(=O)N(CC)CC)=C(C)N=3)cc1I. The maximum Gasteiger partial charge on any atom is 0.271 e. The Morgan fingerprint density at radius 3 is 2.41 bits per heavy atom. The van der Waals surface area contributed by atoms with E-state index in [1.165, 1.54) is 11.3 Å². The van der Waals surface area contributed by atoms with Crippen LogP contribution in [0.5, 0.6) is 17.2 Å². The monoisotopic (exact) mass is 799 g/mol. The quantitative estimate of drug-likeness (QED) is 0.216. The van der Waals surface area contributed by atoms with Gasteiger partial charge in [-0.2, -0.15) is 0 Å². The third kappa shape index (κ3) is 6.26. The topological polar surface area (TPSA) is 82.4 Å². The number of benzene rings is 2. The van der Waals surface area contributed by atoms with Crippen molar-refractivity contribution in [2.75, 3.05) is 33.9 Å². The van der Waals surface area contributed by atoms with Crippen LogP contribution in [-0.2, 0) is 4.79 Å². The Kier molecular flexibility index (Phi) is 10.3. The third-order valence-electron chi connectivity index (χ3n) is 6.70. The molecule has 1 aliphatic heterocycles. The van der Waals surface area contributed by atoms with Gasteiger partial charge in [-0.3, -0.25) is 14.2 Å². The average Bonchev–Trinajstić information content (AvgIpc) is 3.25. The van der Waals surface area contributed by atoms with Gasteiger partial charge in [0.05, 0.1) is 37.2 Å². The molecule has 0 radical (unpaired) electrons. The van der Waals surface area contributed by atoms with Gasteiger partial charge in [-0.05, 0) is 108 Å². The molecule has 0 fully saturated rings. The highest BCUT2D eigenvalue weighted by Crippen LogP contribution is 2.38. The van der Waals surface area contributed by atoms with Crippen molar-refractivity contribution in [3.05, 3.63) is 92.2 Å². The van der Waals surface area contributed by atoms with Gasteiger partial charge in [0, 0.05) is 18.7 Å². The van der Waals surface area contributed by atoms with Crippen LogP contribution in [0.2, 0.25) is 0 Å². The zero-order valence-corrected chi connectivity index (χ0v) is 28.6. The number of hydrogen-bond acceptors (Lipinski definition) is 7. The van der Waals surface area contributed by atoms with Gasteiger partial charge in [-0.1, -0.05) is 24.0 Å². The van der Waals surface area contributed by atoms with Gasteiger partial charge in [0.2, 0.25) is 0 Å². The Morgan fingerprint density at radius 1 is 1.15 bits per heavy atom. The minimum absolute atomic E-state index is 0.167. The molecule has 1 atom stereocenters. The van der Waals surface area contributed by atoms with Gasteiger partial charge >= 0.3 is 0 Å². The molecule has 0 saturated heterocycles. The molecule has 3 aromatic rings. The maximum absolute atomic E-state index is 14.1. The van der Waals surface area contributed by atoms with E-state index in [2.05, 4.69) is 51.8 Å². The lowest BCUT2D eigenvalue weighted by atomic mass is 9.93. The van der Waals surface area contributed by atoms with Gasteiger partial charge < -0.3 is 19.1 Å². The number of rotatable bonds is 10. The molecule has 0 N–H and O–H groups in total. The first-order chi connectivity index (χ1) is 19.7. The minimum atomic E-state index is -0.749. The van der Waals surface area contributed by atoms with Crippen LogP contribution in [0.3, 0.4) is 0 Å². The molecule has 2 heterocycles. The standard InChI is InChI=1S/C30H31I2N3O5S/c1-7-12-40-27-21(31)13-18(14-22(27)32)15-24-28(36)35-26(20-16-19(38-5)10-11-23(20)39-6)25(17(4)33-30(35)41-24)29(37)34(8-2)9-3/h7,10-11,13-16,26H,1,8-9,12H2,2-6H3/b24-15+/t26-/m1/s1. The Balaban J connectivity index is 1.97. The number of likely N-dealkylation sites (N-methyl/N-ethyl adjacent to an activating group) is 1. The molecule has 216 valence electrons. The zero-order valence-electron chi connectivity index (χ0n) is 23.5. The molecule has 0 aliphatic carbocycles. The molecule has 41 heavy (non-hydrogen) atoms. The number of carbonyl (C=O) groups is 1. The first kappa shape index (κ1) is 31.3. The van der Waals surface area contributed by atoms with Crippen molar-refractivity contribution in [3.63, 3.8) is 0 Å². The van der Waals surface area contributed by atoms with Crippen molar-refractivity contribution in [2.45, 2.75) is 26.8 Å². The fourth-order valence-electron chi connectivity index (χ4n) is 4.72. The van der Waals surface area contributed by atoms with Crippen LogP contribution in [0, 0.1) is 7.14 Å². The summed E-state index contributed by atoms with van der Waals surface area (Å²) < 4.78 is 21.0. The summed E-state index contributed by atoms with van der Waals surface area (Å²) in [7, 11) is 3.15. The molecule has 0 bridgehead atoms. The normalized spacial score (nSPS) is 14.8. The van der Waals surface area contributed by atoms with Crippen molar-refractivity contribution < 1.29 is 19.0 Å². The zero-order chi connectivity index (χ0) is 29.8. The van der Waals surface area contributed by atoms with Crippen molar-refractivity contribution >= 4 is 68.5 Å². The van der Waals surface area contributed by atoms with Gasteiger partial charge in [0.25, 0.3) is 11.5 Å². The predicted molar refractivity (Wildman–Crippen MR) is 179 cm³/mol. The molecule has 1 amide bonds. The number of nitrogens with zero attached hydrogens (tertiary/aromatic N) is 3. The van der Waals surface area contributed by atoms with Crippen LogP contribution in [-0.4, -0.2) is 49.3 Å². The highest BCUT2D eigenvalue weighted by atomic mass is 127. The van der Waals surface area contributed by atoms with Crippen molar-refractivity contribution in [3.8, 4) is 17.2 Å². The van der Waals surface area contributed by atoms with E-state index < -0.39 is 6.04 Å². The highest BCUT2D eigenvalue weighted by molar-refractivity contribution is 14.1. The largest absolute Gasteiger partial charge is 0.497 e. The number of halogens is 2. The molecule has 1 aliphatic rings. The van der Waals surface area contributed by atoms with Gasteiger partial charge in [-0.25, -0.2) is 4.99 Å². The highest BCUT2D eigenvalue weighted by Gasteiger charge is 2.36. The molecule has 4 rings (SSSR count). The second-order valence-electron chi connectivity index (χ2n) is 9.08. The van der Waals surface area contributed by atoms with E-state index >= 15 is 0 Å². The summed E-state index contributed by atoms with van der Waals surface area (Å²) in [5.74, 6) is 1.75. The molecular weight excluding hydrogens is 768 g/mol. The van der Waals surface area contributed by atoms with Crippen LogP contribution >= 0.6 is 56.5 Å². The molecule has 0 unspecified atom stereocenters. The number of amides is 1. The first-order valence-corrected chi connectivity index (χ1v) is 15.9. The van der Waals surface area contributed by atoms with Crippen LogP contribution in [0.4, 0.5) is 0 Å². The van der Waals surface area contributed by atoms with Crippen molar-refractivity contribution in [2.24, 2.45) is 4.99 Å². The molecule has 0 saturated carbocycles. The van der Waals surface area contributed by atoms with Gasteiger partial charge in [0.1, 0.15) is 29.9 Å². The number of ether oxygens (including phenoxy) is 3. The molecule has 2 aromatic carbocycles. The molecule has 1 aromatic heterocycles. The summed E-state index contributed by atoms with van der Waals surface area (Å²) in [5, 5.41) is 0. The summed E-state index contributed by atoms with van der Waals surface area (Å²) in [4.78, 5) is 35.1. The Hall–Kier alpha value is -2.65. The van der Waals surface area contributed by atoms with E-state index in [-0.39, 0.29) is 11.5 Å². The fourth-order valence-corrected chi connectivity index (χ4v) is 7.89. The number of methoxy groups -OCH3 is 2. The second-order valence-corrected chi connectivity index (χ2v) is 12.4. The van der Waals surface area contributed by atoms with E-state index in [1.807, 2.05) is 45.0 Å². The van der Waals surface area contributed by atoms with E-state index in [0.717, 1.165) is 18.5 Å². The summed E-state index contributed by atoms with van der Waals surface area (Å²) in [6, 6.07) is 8.60. The maximum atomic E-state index is 14.1. The smallest absolute Gasteiger partial charge is 0.271 e. The van der Waals surface area contributed by atoms with Crippen LogP contribution < -0.4 is 29.1 Å². The lowest BCUT2D eigenvalue weighted by Crippen LogP contribution is -2.43. The number of fused-ring (bicyclic) bond motifs is 1. The number of thiazole rings is 1. The lowest BCUT2D eigenvalue weighted by molar-refractivity contribution is -0.127. The third-order valence-corrected chi connectivity index (χ3v) is 9.28. The van der Waals surface area contributed by atoms with E-state index in [1.54, 1.807) is 41.9 Å². The molecule has 11 heteroatoms. The summed E-state index contributed by atoms with van der Waals surface area (Å²) in [6.45, 7) is 10.9. The average molecular weight is 799 g/mol. The van der Waals surface area contributed by atoms with Gasteiger partial charge in [-0.15, -0.1) is 0 Å². The summed E-state index contributed by atoms with van der Waals surface area (Å²) >= 11 is 5.76. The molecule has 0 spiro atoms. The first-order valence-electron chi connectivity index (χ1n) is 12.9. The Bertz CT molecular complexity index is 1680. The van der Waals surface area contributed by atoms with Crippen LogP contribution in [0.1, 0.15) is 37.9 Å². The lowest BCUT2D eigenvalue weighted by Gasteiger charge is -2.30. The molecule has 8 nitrogen and oxygen atoms in total. The number of carbonyl (C=O) groups excluding carboxylic acids is 1. The van der Waals surface area contributed by atoms with Crippen molar-refractivity contribution in [1.82, 2.24) is 9.47 Å². The Labute approximate surface area is 270 Å². The van der Waals surface area contributed by atoms with E-state index in [4.69, 9.17) is 19.2 Å². The van der Waals surface area contributed by atoms with E-state index in [0.29, 0.717) is 57.4 Å².